The van der Waals surface area contributed by atoms with Crippen LogP contribution >= 0.6 is 0 Å². The van der Waals surface area contributed by atoms with Crippen LogP contribution in [0.1, 0.15) is 39.5 Å². The number of methoxy groups -OCH3 is 1. The van der Waals surface area contributed by atoms with Gasteiger partial charge in [0.2, 0.25) is 0 Å². The molecule has 0 radical (unpaired) electrons. The lowest BCUT2D eigenvalue weighted by atomic mass is 9.61. The molecule has 7 atom stereocenters. The van der Waals surface area contributed by atoms with E-state index in [1.54, 1.807) is 7.11 Å². The van der Waals surface area contributed by atoms with Crippen LogP contribution in [0, 0.1) is 29.6 Å². The van der Waals surface area contributed by atoms with Crippen LogP contribution in [0.5, 0.6) is 0 Å². The SMILES string of the molecule is CO[C@H]1O[C@@H]2OCCC[C@H]3C(C)CC[C@H](C23)[C@H]1C. The number of hydrogen-bond acceptors (Lipinski definition) is 3. The second-order valence-electron chi connectivity index (χ2n) is 6.44. The van der Waals surface area contributed by atoms with Gasteiger partial charge in [-0.3, -0.25) is 0 Å². The van der Waals surface area contributed by atoms with Crippen LogP contribution in [0.2, 0.25) is 0 Å². The first-order chi connectivity index (χ1) is 8.72. The van der Waals surface area contributed by atoms with Crippen LogP contribution in [0.4, 0.5) is 0 Å². The fraction of sp³-hybridized carbons (Fsp3) is 1.00. The lowest BCUT2D eigenvalue weighted by molar-refractivity contribution is -0.321. The Balaban J connectivity index is 1.88. The zero-order valence-electron chi connectivity index (χ0n) is 11.8. The molecule has 3 fully saturated rings. The predicted molar refractivity (Wildman–Crippen MR) is 68.9 cm³/mol. The third-order valence-electron chi connectivity index (χ3n) is 5.56. The van der Waals surface area contributed by atoms with E-state index < -0.39 is 0 Å². The highest BCUT2D eigenvalue weighted by Gasteiger charge is 2.51. The fourth-order valence-corrected chi connectivity index (χ4v) is 4.54. The van der Waals surface area contributed by atoms with E-state index in [9.17, 15) is 0 Å². The largest absolute Gasteiger partial charge is 0.355 e. The summed E-state index contributed by atoms with van der Waals surface area (Å²) in [6.45, 7) is 5.55. The lowest BCUT2D eigenvalue weighted by Gasteiger charge is -2.51. The summed E-state index contributed by atoms with van der Waals surface area (Å²) < 4.78 is 17.6. The Morgan fingerprint density at radius 1 is 1.06 bits per heavy atom. The van der Waals surface area contributed by atoms with Gasteiger partial charge in [0.1, 0.15) is 0 Å². The molecule has 0 aromatic heterocycles. The molecule has 3 aliphatic rings. The van der Waals surface area contributed by atoms with E-state index >= 15 is 0 Å². The predicted octanol–water partition coefficient (Wildman–Crippen LogP) is 3.04. The van der Waals surface area contributed by atoms with Crippen LogP contribution < -0.4 is 0 Å². The zero-order valence-corrected chi connectivity index (χ0v) is 11.8. The average molecular weight is 254 g/mol. The Labute approximate surface area is 110 Å². The van der Waals surface area contributed by atoms with Gasteiger partial charge in [0.15, 0.2) is 12.6 Å². The van der Waals surface area contributed by atoms with E-state index in [-0.39, 0.29) is 12.6 Å². The molecule has 2 aliphatic heterocycles. The Morgan fingerprint density at radius 3 is 2.67 bits per heavy atom. The number of hydrogen-bond donors (Lipinski definition) is 0. The highest BCUT2D eigenvalue weighted by atomic mass is 16.8. The first-order valence-electron chi connectivity index (χ1n) is 7.52. The van der Waals surface area contributed by atoms with Crippen molar-refractivity contribution in [2.24, 2.45) is 29.6 Å². The summed E-state index contributed by atoms with van der Waals surface area (Å²) in [5.41, 5.74) is 0. The van der Waals surface area contributed by atoms with Gasteiger partial charge in [-0.1, -0.05) is 20.3 Å². The summed E-state index contributed by atoms with van der Waals surface area (Å²) >= 11 is 0. The molecule has 104 valence electrons. The van der Waals surface area contributed by atoms with E-state index in [1.807, 2.05) is 0 Å². The van der Waals surface area contributed by atoms with E-state index in [1.165, 1.54) is 25.7 Å². The van der Waals surface area contributed by atoms with Gasteiger partial charge in [0, 0.05) is 25.6 Å². The molecule has 2 saturated heterocycles. The van der Waals surface area contributed by atoms with Gasteiger partial charge in [-0.05, 0) is 37.0 Å². The Kier molecular flexibility index (Phi) is 3.65. The summed E-state index contributed by atoms with van der Waals surface area (Å²) in [6, 6.07) is 0. The summed E-state index contributed by atoms with van der Waals surface area (Å²) in [7, 11) is 1.75. The van der Waals surface area contributed by atoms with Crippen molar-refractivity contribution in [1.29, 1.82) is 0 Å². The minimum atomic E-state index is -0.0802. The molecule has 3 nitrogen and oxygen atoms in total. The standard InChI is InChI=1S/C15H26O3/c1-9-6-7-12-10(2)14(16-3)18-15-13(12)11(9)5-4-8-17-15/h9-15H,4-8H2,1-3H3/t9?,10-,11+,12+,13?,14+,15+/m1/s1. The molecule has 3 rings (SSSR count). The molecule has 1 saturated carbocycles. The molecule has 0 aromatic rings. The van der Waals surface area contributed by atoms with Crippen LogP contribution in [0.15, 0.2) is 0 Å². The first-order valence-corrected chi connectivity index (χ1v) is 7.52. The molecule has 0 aromatic carbocycles. The van der Waals surface area contributed by atoms with E-state index in [0.717, 1.165) is 18.4 Å². The van der Waals surface area contributed by atoms with Crippen molar-refractivity contribution in [2.75, 3.05) is 13.7 Å². The maximum absolute atomic E-state index is 6.07. The quantitative estimate of drug-likeness (QED) is 0.720. The van der Waals surface area contributed by atoms with Gasteiger partial charge in [-0.15, -0.1) is 0 Å². The van der Waals surface area contributed by atoms with Crippen LogP contribution in [0.3, 0.4) is 0 Å². The van der Waals surface area contributed by atoms with Crippen LogP contribution in [-0.2, 0) is 14.2 Å². The third-order valence-corrected chi connectivity index (χ3v) is 5.56. The van der Waals surface area contributed by atoms with Gasteiger partial charge in [-0.25, -0.2) is 0 Å². The van der Waals surface area contributed by atoms with Gasteiger partial charge in [0.25, 0.3) is 0 Å². The minimum absolute atomic E-state index is 0.0219. The molecular formula is C15H26O3. The molecule has 0 spiro atoms. The summed E-state index contributed by atoms with van der Waals surface area (Å²) in [5, 5.41) is 0. The molecule has 2 heterocycles. The molecule has 1 aliphatic carbocycles. The third kappa shape index (κ3) is 2.00. The molecule has 0 amide bonds. The molecule has 0 N–H and O–H groups in total. The van der Waals surface area contributed by atoms with Crippen molar-refractivity contribution in [2.45, 2.75) is 52.1 Å². The summed E-state index contributed by atoms with van der Waals surface area (Å²) in [4.78, 5) is 0. The lowest BCUT2D eigenvalue weighted by Crippen LogP contribution is -2.53. The zero-order chi connectivity index (χ0) is 12.7. The molecular weight excluding hydrogens is 228 g/mol. The molecule has 0 bridgehead atoms. The maximum atomic E-state index is 6.07. The van der Waals surface area contributed by atoms with Gasteiger partial charge >= 0.3 is 0 Å². The first kappa shape index (κ1) is 12.9. The molecule has 18 heavy (non-hydrogen) atoms. The van der Waals surface area contributed by atoms with E-state index in [4.69, 9.17) is 14.2 Å². The van der Waals surface area contributed by atoms with Crippen molar-refractivity contribution in [3.05, 3.63) is 0 Å². The molecule has 3 heteroatoms. The average Bonchev–Trinajstić information content (AvgIpc) is 2.59. The smallest absolute Gasteiger partial charge is 0.164 e. The van der Waals surface area contributed by atoms with E-state index in [0.29, 0.717) is 17.8 Å². The van der Waals surface area contributed by atoms with Crippen LogP contribution in [-0.4, -0.2) is 26.3 Å². The monoisotopic (exact) mass is 254 g/mol. The van der Waals surface area contributed by atoms with Gasteiger partial charge < -0.3 is 14.2 Å². The van der Waals surface area contributed by atoms with Crippen LogP contribution in [0.25, 0.3) is 0 Å². The van der Waals surface area contributed by atoms with Crippen molar-refractivity contribution in [1.82, 2.24) is 0 Å². The Hall–Kier alpha value is -0.120. The second-order valence-corrected chi connectivity index (χ2v) is 6.44. The molecule has 2 unspecified atom stereocenters. The topological polar surface area (TPSA) is 27.7 Å². The Morgan fingerprint density at radius 2 is 1.89 bits per heavy atom. The van der Waals surface area contributed by atoms with Gasteiger partial charge in [0.05, 0.1) is 0 Å². The van der Waals surface area contributed by atoms with Crippen molar-refractivity contribution in [3.63, 3.8) is 0 Å². The number of rotatable bonds is 1. The van der Waals surface area contributed by atoms with E-state index in [2.05, 4.69) is 13.8 Å². The van der Waals surface area contributed by atoms with Crippen molar-refractivity contribution < 1.29 is 14.2 Å². The highest BCUT2D eigenvalue weighted by Crippen LogP contribution is 2.51. The fourth-order valence-electron chi connectivity index (χ4n) is 4.54. The van der Waals surface area contributed by atoms with Crippen molar-refractivity contribution >= 4 is 0 Å². The summed E-state index contributed by atoms with van der Waals surface area (Å²) in [5.74, 6) is 3.42. The minimum Gasteiger partial charge on any atom is -0.355 e. The maximum Gasteiger partial charge on any atom is 0.164 e. The summed E-state index contributed by atoms with van der Waals surface area (Å²) in [6.07, 6.45) is 5.07. The normalized spacial score (nSPS) is 52.5. The highest BCUT2D eigenvalue weighted by molar-refractivity contribution is 4.94. The van der Waals surface area contributed by atoms with Gasteiger partial charge in [-0.2, -0.15) is 0 Å². The second kappa shape index (κ2) is 5.10. The number of ether oxygens (including phenoxy) is 3. The Bertz CT molecular complexity index is 293. The van der Waals surface area contributed by atoms with Crippen molar-refractivity contribution in [3.8, 4) is 0 Å².